The predicted octanol–water partition coefficient (Wildman–Crippen LogP) is 6.67. The van der Waals surface area contributed by atoms with E-state index in [1.54, 1.807) is 24.4 Å². The fourth-order valence-electron chi connectivity index (χ4n) is 7.11. The summed E-state index contributed by atoms with van der Waals surface area (Å²) in [7, 11) is 0. The van der Waals surface area contributed by atoms with Crippen LogP contribution >= 0.6 is 39.1 Å². The van der Waals surface area contributed by atoms with E-state index in [9.17, 15) is 19.5 Å². The van der Waals surface area contributed by atoms with E-state index in [-0.39, 0.29) is 29.8 Å². The molecular weight excluding hydrogens is 802 g/mol. The van der Waals surface area contributed by atoms with E-state index < -0.39 is 5.60 Å². The topological polar surface area (TPSA) is 134 Å². The van der Waals surface area contributed by atoms with Gasteiger partial charge in [0, 0.05) is 59.3 Å². The summed E-state index contributed by atoms with van der Waals surface area (Å²) in [5, 5.41) is 15.8. The Balaban J connectivity index is 0.000000708. The Hall–Kier alpha value is -4.53. The van der Waals surface area contributed by atoms with E-state index in [2.05, 4.69) is 40.5 Å². The number of nitrogens with one attached hydrogen (secondary N) is 1. The third kappa shape index (κ3) is 9.30. The van der Waals surface area contributed by atoms with Crippen molar-refractivity contribution in [2.45, 2.75) is 37.8 Å². The number of fused-ring (bicyclic) bond motifs is 2. The second kappa shape index (κ2) is 17.5. The highest BCUT2D eigenvalue weighted by Crippen LogP contribution is 2.30. The first-order chi connectivity index (χ1) is 26.7. The molecule has 2 fully saturated rings. The minimum Gasteiger partial charge on any atom is -0.388 e. The number of rotatable bonds is 8. The molecule has 14 heteroatoms. The standard InChI is InChI=1S/C35H35BrClN7O4S.C6H6/c36-25-4-1-22(2-5-25)29-30-31(49-41-29)34(47)44(21-40-30)20-35(48)10-16-43(17-11-35)33(46)23-8-14-42(15-9-23)18-13-39-32(45)24-3-6-26-27(37)7-12-38-28(26)19-24;1-2-4-6-5-3-1/h1-7,12,19,21,23,48H,8-11,13-18,20H2,(H,39,45);1-6H. The number of aliphatic hydroxyl groups is 1. The van der Waals surface area contributed by atoms with E-state index in [0.717, 1.165) is 52.9 Å². The number of hydrogen-bond donors (Lipinski definition) is 2. The zero-order valence-electron chi connectivity index (χ0n) is 30.1. The fourth-order valence-corrected chi connectivity index (χ4v) is 8.40. The first kappa shape index (κ1) is 38.7. The van der Waals surface area contributed by atoms with Crippen LogP contribution in [0.1, 0.15) is 36.0 Å². The van der Waals surface area contributed by atoms with E-state index in [1.165, 1.54) is 10.9 Å². The van der Waals surface area contributed by atoms with Gasteiger partial charge >= 0.3 is 0 Å². The minimum absolute atomic E-state index is 0.0607. The first-order valence-electron chi connectivity index (χ1n) is 18.3. The number of carbonyl (C=O) groups excluding carboxylic acids is 2. The number of aromatic nitrogens is 4. The Morgan fingerprint density at radius 1 is 0.945 bits per heavy atom. The largest absolute Gasteiger partial charge is 0.388 e. The molecule has 5 heterocycles. The Kier molecular flexibility index (Phi) is 12.3. The molecule has 11 nitrogen and oxygen atoms in total. The summed E-state index contributed by atoms with van der Waals surface area (Å²) in [5.41, 5.74) is 1.99. The number of likely N-dealkylation sites (tertiary alicyclic amines) is 2. The zero-order chi connectivity index (χ0) is 38.4. The van der Waals surface area contributed by atoms with Crippen LogP contribution in [0.4, 0.5) is 0 Å². The molecule has 0 spiro atoms. The number of pyridine rings is 1. The molecule has 0 bridgehead atoms. The van der Waals surface area contributed by atoms with Crippen LogP contribution in [0.5, 0.6) is 0 Å². The van der Waals surface area contributed by atoms with Crippen LogP contribution in [0.15, 0.2) is 107 Å². The lowest BCUT2D eigenvalue weighted by Crippen LogP contribution is -2.52. The molecular formula is C41H41BrClN7O4S. The summed E-state index contributed by atoms with van der Waals surface area (Å²) >= 11 is 10.8. The van der Waals surface area contributed by atoms with Gasteiger partial charge in [0.2, 0.25) is 5.91 Å². The highest BCUT2D eigenvalue weighted by Gasteiger charge is 2.37. The third-order valence-corrected chi connectivity index (χ3v) is 12.0. The Morgan fingerprint density at radius 3 is 2.33 bits per heavy atom. The number of piperidine rings is 2. The second-order valence-corrected chi connectivity index (χ2v) is 16.1. The van der Waals surface area contributed by atoms with Crippen molar-refractivity contribution in [2.75, 3.05) is 39.3 Å². The Morgan fingerprint density at radius 2 is 1.64 bits per heavy atom. The van der Waals surface area contributed by atoms with Gasteiger partial charge in [-0.2, -0.15) is 4.37 Å². The molecule has 8 rings (SSSR count). The van der Waals surface area contributed by atoms with Gasteiger partial charge in [-0.05, 0) is 80.6 Å². The van der Waals surface area contributed by atoms with E-state index in [0.29, 0.717) is 71.0 Å². The van der Waals surface area contributed by atoms with Gasteiger partial charge in [0.25, 0.3) is 11.5 Å². The van der Waals surface area contributed by atoms with Gasteiger partial charge in [0.15, 0.2) is 0 Å². The maximum atomic E-state index is 13.4. The lowest BCUT2D eigenvalue weighted by molar-refractivity contribution is -0.141. The average Bonchev–Trinajstić information content (AvgIpc) is 3.65. The first-order valence-corrected chi connectivity index (χ1v) is 20.3. The normalized spacial score (nSPS) is 16.1. The van der Waals surface area contributed by atoms with Gasteiger partial charge in [-0.1, -0.05) is 82.1 Å². The van der Waals surface area contributed by atoms with Crippen LogP contribution in [0, 0.1) is 5.92 Å². The van der Waals surface area contributed by atoms with Crippen LogP contribution in [-0.4, -0.2) is 90.5 Å². The fraction of sp³-hybridized carbons (Fsp3) is 0.317. The third-order valence-electron chi connectivity index (χ3n) is 10.3. The van der Waals surface area contributed by atoms with Gasteiger partial charge in [-0.25, -0.2) is 4.98 Å². The van der Waals surface area contributed by atoms with Crippen molar-refractivity contribution in [1.82, 2.24) is 34.0 Å². The van der Waals surface area contributed by atoms with Crippen molar-refractivity contribution >= 4 is 72.0 Å². The molecule has 2 aliphatic rings. The minimum atomic E-state index is -1.11. The molecule has 2 aliphatic heterocycles. The molecule has 0 unspecified atom stereocenters. The average molecular weight is 843 g/mol. The van der Waals surface area contributed by atoms with Crippen LogP contribution in [0.3, 0.4) is 0 Å². The molecule has 0 atom stereocenters. The van der Waals surface area contributed by atoms with Crippen molar-refractivity contribution in [2.24, 2.45) is 5.92 Å². The van der Waals surface area contributed by atoms with E-state index >= 15 is 0 Å². The second-order valence-electron chi connectivity index (χ2n) is 14.0. The quantitative estimate of drug-likeness (QED) is 0.174. The van der Waals surface area contributed by atoms with Crippen molar-refractivity contribution in [3.05, 3.63) is 123 Å². The summed E-state index contributed by atoms with van der Waals surface area (Å²) in [5.74, 6) is -0.0882. The molecule has 6 aromatic rings. The van der Waals surface area contributed by atoms with Crippen LogP contribution in [0.2, 0.25) is 5.02 Å². The molecule has 0 aliphatic carbocycles. The van der Waals surface area contributed by atoms with Crippen LogP contribution in [0.25, 0.3) is 32.4 Å². The highest BCUT2D eigenvalue weighted by atomic mass is 79.9. The maximum Gasteiger partial charge on any atom is 0.273 e. The van der Waals surface area contributed by atoms with Crippen LogP contribution in [-0.2, 0) is 11.3 Å². The summed E-state index contributed by atoms with van der Waals surface area (Å²) in [6, 6.07) is 26.7. The smallest absolute Gasteiger partial charge is 0.273 e. The molecule has 284 valence electrons. The molecule has 2 amide bonds. The van der Waals surface area contributed by atoms with Crippen molar-refractivity contribution in [3.63, 3.8) is 0 Å². The van der Waals surface area contributed by atoms with Crippen molar-refractivity contribution in [1.29, 1.82) is 0 Å². The molecule has 0 radical (unpaired) electrons. The monoisotopic (exact) mass is 841 g/mol. The van der Waals surface area contributed by atoms with Crippen molar-refractivity contribution < 1.29 is 14.7 Å². The van der Waals surface area contributed by atoms with E-state index in [4.69, 9.17) is 11.6 Å². The number of nitrogens with zero attached hydrogens (tertiary/aromatic N) is 6. The summed E-state index contributed by atoms with van der Waals surface area (Å²) in [6.45, 7) is 3.76. The van der Waals surface area contributed by atoms with E-state index in [1.807, 2.05) is 71.6 Å². The molecule has 3 aromatic heterocycles. The molecule has 55 heavy (non-hydrogen) atoms. The predicted molar refractivity (Wildman–Crippen MR) is 220 cm³/mol. The number of halogens is 2. The number of amides is 2. The number of benzene rings is 3. The molecule has 2 saturated heterocycles. The Labute approximate surface area is 336 Å². The molecule has 3 aromatic carbocycles. The maximum absolute atomic E-state index is 13.4. The van der Waals surface area contributed by atoms with Gasteiger partial charge in [0.05, 0.1) is 29.0 Å². The summed E-state index contributed by atoms with van der Waals surface area (Å²) in [6.07, 6.45) is 5.39. The molecule has 2 N–H and O–H groups in total. The molecule has 0 saturated carbocycles. The lowest BCUT2D eigenvalue weighted by atomic mass is 9.89. The highest BCUT2D eigenvalue weighted by molar-refractivity contribution is 9.10. The Bertz CT molecular complexity index is 2300. The van der Waals surface area contributed by atoms with Gasteiger partial charge < -0.3 is 20.2 Å². The SMILES string of the molecule is O=C(NCCN1CCC(C(=O)N2CCC(O)(Cn3cnc4c(-c5ccc(Br)cc5)nsc4c3=O)CC2)CC1)c1ccc2c(Cl)ccnc2c1.c1ccccc1. The zero-order valence-corrected chi connectivity index (χ0v) is 33.3. The van der Waals surface area contributed by atoms with Gasteiger partial charge in [-0.3, -0.25) is 23.9 Å². The van der Waals surface area contributed by atoms with Crippen molar-refractivity contribution in [3.8, 4) is 11.3 Å². The van der Waals surface area contributed by atoms with Crippen LogP contribution < -0.4 is 10.9 Å². The van der Waals surface area contributed by atoms with Gasteiger partial charge in [0.1, 0.15) is 15.9 Å². The van der Waals surface area contributed by atoms with Gasteiger partial charge in [-0.15, -0.1) is 0 Å². The lowest BCUT2D eigenvalue weighted by Gasteiger charge is -2.40. The number of carbonyl (C=O) groups is 2. The number of hydrogen-bond acceptors (Lipinski definition) is 9. The summed E-state index contributed by atoms with van der Waals surface area (Å²) in [4.78, 5) is 52.5. The summed E-state index contributed by atoms with van der Waals surface area (Å²) < 4.78 is 7.38.